The van der Waals surface area contributed by atoms with Crippen LogP contribution in [0.4, 0.5) is 0 Å². The quantitative estimate of drug-likeness (QED) is 0.580. The Morgan fingerprint density at radius 2 is 1.86 bits per heavy atom. The molecular formula is C23H24N2O2S. The molecule has 144 valence electrons. The SMILES string of the molecule is Cc1nc(C(=O)N2CCCC2CCOc2ccccc2)c(-c2ccccc2)s1. The molecule has 5 heteroatoms. The van der Waals surface area contributed by atoms with Crippen LogP contribution >= 0.6 is 11.3 Å². The lowest BCUT2D eigenvalue weighted by atomic mass is 10.1. The number of nitrogens with zero attached hydrogens (tertiary/aromatic N) is 2. The first-order valence-electron chi connectivity index (χ1n) is 9.74. The molecule has 0 aliphatic carbocycles. The first-order valence-corrected chi connectivity index (χ1v) is 10.6. The number of aromatic nitrogens is 1. The van der Waals surface area contributed by atoms with Gasteiger partial charge in [-0.1, -0.05) is 48.5 Å². The predicted octanol–water partition coefficient (Wildman–Crippen LogP) is 5.19. The van der Waals surface area contributed by atoms with E-state index in [1.165, 1.54) is 0 Å². The lowest BCUT2D eigenvalue weighted by Gasteiger charge is -2.24. The summed E-state index contributed by atoms with van der Waals surface area (Å²) >= 11 is 1.59. The Hall–Kier alpha value is -2.66. The molecule has 4 nitrogen and oxygen atoms in total. The average molecular weight is 393 g/mol. The summed E-state index contributed by atoms with van der Waals surface area (Å²) in [6, 6.07) is 20.1. The molecule has 1 fully saturated rings. The molecule has 0 N–H and O–H groups in total. The zero-order chi connectivity index (χ0) is 19.3. The van der Waals surface area contributed by atoms with E-state index in [4.69, 9.17) is 4.74 Å². The van der Waals surface area contributed by atoms with Crippen molar-refractivity contribution in [3.8, 4) is 16.2 Å². The maximum Gasteiger partial charge on any atom is 0.274 e. The largest absolute Gasteiger partial charge is 0.494 e. The highest BCUT2D eigenvalue weighted by molar-refractivity contribution is 7.15. The van der Waals surface area contributed by atoms with E-state index in [1.54, 1.807) is 11.3 Å². The number of benzene rings is 2. The molecule has 1 unspecified atom stereocenters. The number of ether oxygens (including phenoxy) is 1. The Morgan fingerprint density at radius 3 is 2.61 bits per heavy atom. The van der Waals surface area contributed by atoms with E-state index in [-0.39, 0.29) is 11.9 Å². The van der Waals surface area contributed by atoms with Crippen LogP contribution in [0.25, 0.3) is 10.4 Å². The Kier molecular flexibility index (Phi) is 5.72. The van der Waals surface area contributed by atoms with Crippen molar-refractivity contribution in [2.75, 3.05) is 13.2 Å². The number of aryl methyl sites for hydroxylation is 1. The third-order valence-corrected chi connectivity index (χ3v) is 6.09. The number of amides is 1. The van der Waals surface area contributed by atoms with Gasteiger partial charge in [0.25, 0.3) is 5.91 Å². The minimum Gasteiger partial charge on any atom is -0.494 e. The third kappa shape index (κ3) is 4.09. The first-order chi connectivity index (χ1) is 13.7. The Labute approximate surface area is 169 Å². The summed E-state index contributed by atoms with van der Waals surface area (Å²) in [6.45, 7) is 3.36. The smallest absolute Gasteiger partial charge is 0.274 e. The molecule has 4 rings (SSSR count). The van der Waals surface area contributed by atoms with Crippen LogP contribution in [0, 0.1) is 6.92 Å². The van der Waals surface area contributed by atoms with Gasteiger partial charge in [-0.2, -0.15) is 0 Å². The number of thiazole rings is 1. The van der Waals surface area contributed by atoms with Gasteiger partial charge in [-0.15, -0.1) is 11.3 Å². The molecule has 1 aromatic heterocycles. The minimum absolute atomic E-state index is 0.0467. The van der Waals surface area contributed by atoms with Crippen molar-refractivity contribution in [1.82, 2.24) is 9.88 Å². The molecule has 0 bridgehead atoms. The van der Waals surface area contributed by atoms with Crippen LogP contribution in [-0.2, 0) is 0 Å². The van der Waals surface area contributed by atoms with Crippen molar-refractivity contribution in [2.45, 2.75) is 32.2 Å². The van der Waals surface area contributed by atoms with E-state index < -0.39 is 0 Å². The van der Waals surface area contributed by atoms with Crippen LogP contribution < -0.4 is 4.74 Å². The number of rotatable bonds is 6. The molecule has 1 atom stereocenters. The Morgan fingerprint density at radius 1 is 1.14 bits per heavy atom. The van der Waals surface area contributed by atoms with E-state index in [1.807, 2.05) is 72.5 Å². The zero-order valence-corrected chi connectivity index (χ0v) is 16.8. The summed E-state index contributed by atoms with van der Waals surface area (Å²) in [4.78, 5) is 20.9. The molecule has 0 spiro atoms. The summed E-state index contributed by atoms with van der Waals surface area (Å²) in [5.74, 6) is 0.922. The van der Waals surface area contributed by atoms with Crippen LogP contribution in [0.5, 0.6) is 5.75 Å². The fourth-order valence-electron chi connectivity index (χ4n) is 3.73. The van der Waals surface area contributed by atoms with Gasteiger partial charge in [-0.05, 0) is 37.5 Å². The summed E-state index contributed by atoms with van der Waals surface area (Å²) < 4.78 is 5.85. The van der Waals surface area contributed by atoms with Gasteiger partial charge in [0, 0.05) is 19.0 Å². The molecule has 1 aliphatic rings. The van der Waals surface area contributed by atoms with E-state index in [9.17, 15) is 4.79 Å². The third-order valence-electron chi connectivity index (χ3n) is 5.07. The van der Waals surface area contributed by atoms with E-state index in [0.29, 0.717) is 12.3 Å². The number of likely N-dealkylation sites (tertiary alicyclic amines) is 1. The molecule has 1 amide bonds. The van der Waals surface area contributed by atoms with Crippen molar-refractivity contribution in [1.29, 1.82) is 0 Å². The van der Waals surface area contributed by atoms with Gasteiger partial charge in [-0.25, -0.2) is 4.98 Å². The number of hydrogen-bond donors (Lipinski definition) is 0. The summed E-state index contributed by atoms with van der Waals surface area (Å²) in [5, 5.41) is 0.922. The molecule has 1 saturated heterocycles. The van der Waals surface area contributed by atoms with Gasteiger partial charge in [0.1, 0.15) is 11.4 Å². The van der Waals surface area contributed by atoms with Crippen molar-refractivity contribution in [2.24, 2.45) is 0 Å². The summed E-state index contributed by atoms with van der Waals surface area (Å²) in [6.07, 6.45) is 2.89. The molecule has 1 aliphatic heterocycles. The van der Waals surface area contributed by atoms with Gasteiger partial charge < -0.3 is 9.64 Å². The lowest BCUT2D eigenvalue weighted by molar-refractivity contribution is 0.0715. The maximum absolute atomic E-state index is 13.3. The van der Waals surface area contributed by atoms with Crippen molar-refractivity contribution in [3.63, 3.8) is 0 Å². The van der Waals surface area contributed by atoms with E-state index in [2.05, 4.69) is 4.98 Å². The molecule has 28 heavy (non-hydrogen) atoms. The highest BCUT2D eigenvalue weighted by Gasteiger charge is 2.32. The van der Waals surface area contributed by atoms with E-state index >= 15 is 0 Å². The second kappa shape index (κ2) is 8.57. The monoisotopic (exact) mass is 392 g/mol. The van der Waals surface area contributed by atoms with Crippen molar-refractivity contribution in [3.05, 3.63) is 71.4 Å². The van der Waals surface area contributed by atoms with Gasteiger partial charge >= 0.3 is 0 Å². The highest BCUT2D eigenvalue weighted by Crippen LogP contribution is 2.32. The standard InChI is InChI=1S/C23H24N2O2S/c1-17-24-21(22(28-17)18-9-4-2-5-10-18)23(26)25-15-8-11-19(25)14-16-27-20-12-6-3-7-13-20/h2-7,9-10,12-13,19H,8,11,14-16H2,1H3. The van der Waals surface area contributed by atoms with Crippen molar-refractivity contribution >= 4 is 17.2 Å². The van der Waals surface area contributed by atoms with Crippen molar-refractivity contribution < 1.29 is 9.53 Å². The topological polar surface area (TPSA) is 42.4 Å². The van der Waals surface area contributed by atoms with Crippen LogP contribution in [0.15, 0.2) is 60.7 Å². The maximum atomic E-state index is 13.3. The molecular weight excluding hydrogens is 368 g/mol. The number of para-hydroxylation sites is 1. The van der Waals surface area contributed by atoms with Crippen LogP contribution in [-0.4, -0.2) is 35.0 Å². The molecule has 0 radical (unpaired) electrons. The summed E-state index contributed by atoms with van der Waals surface area (Å²) in [7, 11) is 0. The van der Waals surface area contributed by atoms with Gasteiger partial charge in [0.2, 0.25) is 0 Å². The number of hydrogen-bond acceptors (Lipinski definition) is 4. The van der Waals surface area contributed by atoms with Crippen LogP contribution in [0.1, 0.15) is 34.8 Å². The predicted molar refractivity (Wildman–Crippen MR) is 113 cm³/mol. The van der Waals surface area contributed by atoms with Gasteiger partial charge in [0.05, 0.1) is 16.5 Å². The summed E-state index contributed by atoms with van der Waals surface area (Å²) in [5.41, 5.74) is 1.64. The fraction of sp³-hybridized carbons (Fsp3) is 0.304. The second-order valence-corrected chi connectivity index (χ2v) is 8.22. The average Bonchev–Trinajstić information content (AvgIpc) is 3.36. The highest BCUT2D eigenvalue weighted by atomic mass is 32.1. The first kappa shape index (κ1) is 18.7. The molecule has 2 aromatic carbocycles. The Balaban J connectivity index is 1.47. The number of carbonyl (C=O) groups is 1. The molecule has 3 aromatic rings. The van der Waals surface area contributed by atoms with E-state index in [0.717, 1.165) is 47.0 Å². The molecule has 0 saturated carbocycles. The fourth-order valence-corrected chi connectivity index (χ4v) is 4.64. The lowest BCUT2D eigenvalue weighted by Crippen LogP contribution is -2.36. The van der Waals surface area contributed by atoms with Crippen LogP contribution in [0.2, 0.25) is 0 Å². The normalized spacial score (nSPS) is 16.3. The minimum atomic E-state index is 0.0467. The molecule has 2 heterocycles. The van der Waals surface area contributed by atoms with Gasteiger partial charge in [0.15, 0.2) is 0 Å². The number of carbonyl (C=O) groups excluding carboxylic acids is 1. The van der Waals surface area contributed by atoms with Crippen LogP contribution in [0.3, 0.4) is 0 Å². The Bertz CT molecular complexity index is 924. The second-order valence-electron chi connectivity index (χ2n) is 7.02. The zero-order valence-electron chi connectivity index (χ0n) is 16.0. The van der Waals surface area contributed by atoms with Gasteiger partial charge in [-0.3, -0.25) is 4.79 Å².